The fraction of sp³-hybridized carbons (Fsp3) is 0.267. The van der Waals surface area contributed by atoms with Gasteiger partial charge in [-0.05, 0) is 25.1 Å². The molecular formula is C15H17N3O2S. The molecule has 2 N–H and O–H groups in total. The Bertz CT molecular complexity index is 779. The minimum absolute atomic E-state index is 0.303. The topological polar surface area (TPSA) is 71.1 Å². The first-order valence-electron chi connectivity index (χ1n) is 6.88. The van der Waals surface area contributed by atoms with Crippen molar-refractivity contribution >= 4 is 20.8 Å². The minimum atomic E-state index is -3.53. The van der Waals surface area contributed by atoms with E-state index in [9.17, 15) is 8.42 Å². The summed E-state index contributed by atoms with van der Waals surface area (Å²) in [5, 5.41) is 4.72. The minimum Gasteiger partial charge on any atom is -0.313 e. The molecule has 5 nitrogen and oxygen atoms in total. The fourth-order valence-electron chi connectivity index (χ4n) is 2.42. The highest BCUT2D eigenvalue weighted by Crippen LogP contribution is 2.21. The Morgan fingerprint density at radius 2 is 2.19 bits per heavy atom. The van der Waals surface area contributed by atoms with Crippen molar-refractivity contribution in [2.24, 2.45) is 0 Å². The lowest BCUT2D eigenvalue weighted by atomic mass is 10.1. The standard InChI is InChI=1S/C15H17N3O2S/c19-21(20,18-10-12-4-7-16-8-5-12)15-3-1-2-13-11-17-9-6-14(13)15/h1-4,6,9,11,16,18H,5,7-8,10H2. The number of hydrogen-bond acceptors (Lipinski definition) is 4. The van der Waals surface area contributed by atoms with Gasteiger partial charge in [0.2, 0.25) is 10.0 Å². The number of sulfonamides is 1. The van der Waals surface area contributed by atoms with Crippen LogP contribution in [0.3, 0.4) is 0 Å². The molecule has 1 aromatic carbocycles. The van der Waals surface area contributed by atoms with Gasteiger partial charge in [0.15, 0.2) is 0 Å². The van der Waals surface area contributed by atoms with E-state index in [-0.39, 0.29) is 0 Å². The molecule has 0 spiro atoms. The van der Waals surface area contributed by atoms with Gasteiger partial charge in [0, 0.05) is 36.3 Å². The molecule has 3 rings (SSSR count). The zero-order valence-corrected chi connectivity index (χ0v) is 12.4. The van der Waals surface area contributed by atoms with Gasteiger partial charge in [-0.2, -0.15) is 0 Å². The van der Waals surface area contributed by atoms with Crippen LogP contribution in [-0.2, 0) is 10.0 Å². The highest BCUT2D eigenvalue weighted by molar-refractivity contribution is 7.89. The predicted octanol–water partition coefficient (Wildman–Crippen LogP) is 1.43. The van der Waals surface area contributed by atoms with Crippen LogP contribution in [0.1, 0.15) is 6.42 Å². The summed E-state index contributed by atoms with van der Waals surface area (Å²) in [7, 11) is -3.53. The first-order chi connectivity index (χ1) is 10.2. The van der Waals surface area contributed by atoms with Crippen LogP contribution in [0.5, 0.6) is 0 Å². The van der Waals surface area contributed by atoms with Crippen LogP contribution >= 0.6 is 0 Å². The highest BCUT2D eigenvalue weighted by atomic mass is 32.2. The van der Waals surface area contributed by atoms with E-state index in [0.717, 1.165) is 30.5 Å². The van der Waals surface area contributed by atoms with Crippen LogP contribution in [0.4, 0.5) is 0 Å². The van der Waals surface area contributed by atoms with E-state index in [1.165, 1.54) is 0 Å². The molecule has 0 fully saturated rings. The van der Waals surface area contributed by atoms with Crippen LogP contribution in [-0.4, -0.2) is 33.0 Å². The number of nitrogens with one attached hydrogen (secondary N) is 2. The molecule has 0 radical (unpaired) electrons. The zero-order chi connectivity index (χ0) is 14.7. The smallest absolute Gasteiger partial charge is 0.241 e. The molecule has 1 aliphatic heterocycles. The summed E-state index contributed by atoms with van der Waals surface area (Å²) in [6.45, 7) is 2.07. The first-order valence-corrected chi connectivity index (χ1v) is 8.36. The van der Waals surface area contributed by atoms with Crippen LogP contribution in [0.25, 0.3) is 10.8 Å². The zero-order valence-electron chi connectivity index (χ0n) is 11.5. The molecule has 0 unspecified atom stereocenters. The van der Waals surface area contributed by atoms with Crippen molar-refractivity contribution in [2.45, 2.75) is 11.3 Å². The van der Waals surface area contributed by atoms with Gasteiger partial charge in [-0.15, -0.1) is 0 Å². The second-order valence-electron chi connectivity index (χ2n) is 4.99. The first kappa shape index (κ1) is 14.2. The van der Waals surface area contributed by atoms with Gasteiger partial charge in [-0.3, -0.25) is 4.98 Å². The van der Waals surface area contributed by atoms with Gasteiger partial charge >= 0.3 is 0 Å². The molecule has 0 saturated carbocycles. The number of benzene rings is 1. The average Bonchev–Trinajstić information content (AvgIpc) is 2.53. The van der Waals surface area contributed by atoms with Crippen molar-refractivity contribution in [2.75, 3.05) is 19.6 Å². The lowest BCUT2D eigenvalue weighted by Crippen LogP contribution is -2.29. The number of fused-ring (bicyclic) bond motifs is 1. The van der Waals surface area contributed by atoms with Crippen LogP contribution in [0.15, 0.2) is 53.2 Å². The third kappa shape index (κ3) is 3.12. The van der Waals surface area contributed by atoms with Gasteiger partial charge < -0.3 is 5.32 Å². The van der Waals surface area contributed by atoms with Crippen LogP contribution in [0, 0.1) is 0 Å². The Kier molecular flexibility index (Phi) is 4.01. The second-order valence-corrected chi connectivity index (χ2v) is 6.73. The summed E-state index contributed by atoms with van der Waals surface area (Å²) in [4.78, 5) is 4.33. The van der Waals surface area contributed by atoms with E-state index in [2.05, 4.69) is 15.0 Å². The molecule has 0 amide bonds. The lowest BCUT2D eigenvalue weighted by molar-refractivity contribution is 0.583. The molecule has 6 heteroatoms. The number of rotatable bonds is 4. The fourth-order valence-corrected chi connectivity index (χ4v) is 3.69. The summed E-state index contributed by atoms with van der Waals surface area (Å²) >= 11 is 0. The molecule has 2 aromatic rings. The average molecular weight is 303 g/mol. The molecule has 0 aliphatic carbocycles. The quantitative estimate of drug-likeness (QED) is 0.838. The number of nitrogens with zero attached hydrogens (tertiary/aromatic N) is 1. The third-order valence-electron chi connectivity index (χ3n) is 3.58. The van der Waals surface area contributed by atoms with E-state index >= 15 is 0 Å². The van der Waals surface area contributed by atoms with Crippen molar-refractivity contribution < 1.29 is 8.42 Å². The monoisotopic (exact) mass is 303 g/mol. The Hall–Kier alpha value is -1.76. The molecule has 1 aromatic heterocycles. The SMILES string of the molecule is O=S(=O)(NCC1=CCNCC1)c1cccc2cnccc12. The van der Waals surface area contributed by atoms with E-state index in [1.54, 1.807) is 30.6 Å². The van der Waals surface area contributed by atoms with Gasteiger partial charge in [-0.1, -0.05) is 23.8 Å². The molecule has 2 heterocycles. The van der Waals surface area contributed by atoms with Gasteiger partial charge in [0.1, 0.15) is 0 Å². The van der Waals surface area contributed by atoms with E-state index < -0.39 is 10.0 Å². The Labute approximate surface area is 124 Å². The van der Waals surface area contributed by atoms with Crippen molar-refractivity contribution in [3.8, 4) is 0 Å². The van der Waals surface area contributed by atoms with Crippen LogP contribution in [0.2, 0.25) is 0 Å². The summed E-state index contributed by atoms with van der Waals surface area (Å²) in [6.07, 6.45) is 6.20. The third-order valence-corrected chi connectivity index (χ3v) is 5.04. The Morgan fingerprint density at radius 3 is 3.00 bits per heavy atom. The molecule has 0 atom stereocenters. The van der Waals surface area contributed by atoms with E-state index in [0.29, 0.717) is 16.8 Å². The molecular weight excluding hydrogens is 286 g/mol. The Balaban J connectivity index is 1.88. The number of hydrogen-bond donors (Lipinski definition) is 2. The maximum absolute atomic E-state index is 12.5. The molecule has 21 heavy (non-hydrogen) atoms. The largest absolute Gasteiger partial charge is 0.313 e. The predicted molar refractivity (Wildman–Crippen MR) is 82.5 cm³/mol. The van der Waals surface area contributed by atoms with E-state index in [4.69, 9.17) is 0 Å². The van der Waals surface area contributed by atoms with Crippen molar-refractivity contribution in [3.63, 3.8) is 0 Å². The second kappa shape index (κ2) is 5.93. The van der Waals surface area contributed by atoms with E-state index in [1.807, 2.05) is 12.1 Å². The summed E-state index contributed by atoms with van der Waals surface area (Å²) in [5.74, 6) is 0. The highest BCUT2D eigenvalue weighted by Gasteiger charge is 2.17. The summed E-state index contributed by atoms with van der Waals surface area (Å²) < 4.78 is 27.7. The molecule has 1 aliphatic rings. The maximum Gasteiger partial charge on any atom is 0.241 e. The van der Waals surface area contributed by atoms with Crippen LogP contribution < -0.4 is 10.0 Å². The Morgan fingerprint density at radius 1 is 1.29 bits per heavy atom. The van der Waals surface area contributed by atoms with Crippen molar-refractivity contribution in [3.05, 3.63) is 48.3 Å². The molecule has 0 saturated heterocycles. The normalized spacial score (nSPS) is 15.9. The number of pyridine rings is 1. The molecule has 0 bridgehead atoms. The molecule has 110 valence electrons. The number of aromatic nitrogens is 1. The van der Waals surface area contributed by atoms with Crippen molar-refractivity contribution in [1.29, 1.82) is 0 Å². The lowest BCUT2D eigenvalue weighted by Gasteiger charge is -2.15. The maximum atomic E-state index is 12.5. The van der Waals surface area contributed by atoms with Crippen molar-refractivity contribution in [1.82, 2.24) is 15.0 Å². The van der Waals surface area contributed by atoms with Gasteiger partial charge in [-0.25, -0.2) is 13.1 Å². The summed E-state index contributed by atoms with van der Waals surface area (Å²) in [6, 6.07) is 6.95. The van der Waals surface area contributed by atoms with Gasteiger partial charge in [0.25, 0.3) is 0 Å². The van der Waals surface area contributed by atoms with Gasteiger partial charge in [0.05, 0.1) is 4.90 Å². The summed E-state index contributed by atoms with van der Waals surface area (Å²) in [5.41, 5.74) is 1.12.